The molecule has 2 heterocycles. The molecule has 1 aliphatic heterocycles. The Hall–Kier alpha value is -1.13. The Morgan fingerprint density at radius 2 is 2.10 bits per heavy atom. The van der Waals surface area contributed by atoms with Crippen molar-refractivity contribution in [3.8, 4) is 0 Å². The summed E-state index contributed by atoms with van der Waals surface area (Å²) in [5, 5.41) is 3.34. The van der Waals surface area contributed by atoms with E-state index < -0.39 is 0 Å². The third-order valence-electron chi connectivity index (χ3n) is 4.43. The first-order chi connectivity index (χ1) is 10.2. The van der Waals surface area contributed by atoms with Gasteiger partial charge >= 0.3 is 0 Å². The zero-order chi connectivity index (χ0) is 15.1. The molecule has 1 saturated heterocycles. The first kappa shape index (κ1) is 16.2. The Morgan fingerprint density at radius 1 is 1.33 bits per heavy atom. The van der Waals surface area contributed by atoms with Crippen LogP contribution in [0, 0.1) is 11.8 Å². The molecule has 21 heavy (non-hydrogen) atoms. The lowest BCUT2D eigenvalue weighted by molar-refractivity contribution is 0.199. The van der Waals surface area contributed by atoms with Gasteiger partial charge in [0.05, 0.1) is 6.61 Å². The number of hydrogen-bond acceptors (Lipinski definition) is 4. The largest absolute Gasteiger partial charge is 0.383 e. The van der Waals surface area contributed by atoms with Crippen LogP contribution in [0.5, 0.6) is 0 Å². The molecule has 4 heteroatoms. The summed E-state index contributed by atoms with van der Waals surface area (Å²) < 4.78 is 5.02. The van der Waals surface area contributed by atoms with Gasteiger partial charge in [0.2, 0.25) is 0 Å². The first-order valence-electron chi connectivity index (χ1n) is 8.10. The van der Waals surface area contributed by atoms with Crippen molar-refractivity contribution in [2.75, 3.05) is 38.3 Å². The highest BCUT2D eigenvalue weighted by Gasteiger charge is 2.22. The molecule has 0 unspecified atom stereocenters. The van der Waals surface area contributed by atoms with Crippen LogP contribution < -0.4 is 10.2 Å². The number of ether oxygens (including phenoxy) is 1. The number of piperidine rings is 1. The smallest absolute Gasteiger partial charge is 0.128 e. The Morgan fingerprint density at radius 3 is 2.67 bits per heavy atom. The monoisotopic (exact) mass is 291 g/mol. The Bertz CT molecular complexity index is 397. The Labute approximate surface area is 128 Å². The van der Waals surface area contributed by atoms with Crippen LogP contribution in [-0.2, 0) is 11.3 Å². The fourth-order valence-corrected chi connectivity index (χ4v) is 2.91. The van der Waals surface area contributed by atoms with Crippen molar-refractivity contribution in [1.82, 2.24) is 10.3 Å². The summed E-state index contributed by atoms with van der Waals surface area (Å²) in [5.41, 5.74) is 1.23. The van der Waals surface area contributed by atoms with Gasteiger partial charge in [-0.05, 0) is 36.3 Å². The molecule has 0 saturated carbocycles. The summed E-state index contributed by atoms with van der Waals surface area (Å²) >= 11 is 0. The van der Waals surface area contributed by atoms with Gasteiger partial charge in [0.15, 0.2) is 0 Å². The van der Waals surface area contributed by atoms with E-state index in [1.807, 2.05) is 6.20 Å². The number of anilines is 1. The van der Waals surface area contributed by atoms with Gasteiger partial charge in [-0.25, -0.2) is 4.98 Å². The molecule has 0 aliphatic carbocycles. The summed E-state index contributed by atoms with van der Waals surface area (Å²) in [6.07, 6.45) is 4.57. The number of hydrogen-bond donors (Lipinski definition) is 1. The van der Waals surface area contributed by atoms with Gasteiger partial charge in [-0.15, -0.1) is 0 Å². The third kappa shape index (κ3) is 4.97. The van der Waals surface area contributed by atoms with Crippen molar-refractivity contribution in [1.29, 1.82) is 0 Å². The normalized spacial score (nSPS) is 16.7. The molecule has 4 nitrogen and oxygen atoms in total. The minimum absolute atomic E-state index is 0.746. The summed E-state index contributed by atoms with van der Waals surface area (Å²) in [6, 6.07) is 4.33. The van der Waals surface area contributed by atoms with Gasteiger partial charge in [0, 0.05) is 39.5 Å². The molecule has 0 aromatic carbocycles. The number of pyridine rings is 1. The second-order valence-electron chi connectivity index (χ2n) is 6.26. The van der Waals surface area contributed by atoms with Crippen LogP contribution in [0.25, 0.3) is 0 Å². The number of rotatable bonds is 7. The van der Waals surface area contributed by atoms with Crippen LogP contribution in [0.1, 0.15) is 32.3 Å². The van der Waals surface area contributed by atoms with Crippen molar-refractivity contribution < 1.29 is 4.74 Å². The van der Waals surface area contributed by atoms with Crippen molar-refractivity contribution in [2.45, 2.75) is 33.2 Å². The second-order valence-corrected chi connectivity index (χ2v) is 6.26. The van der Waals surface area contributed by atoms with E-state index in [-0.39, 0.29) is 0 Å². The number of nitrogens with one attached hydrogen (secondary N) is 1. The van der Waals surface area contributed by atoms with Gasteiger partial charge in [0.1, 0.15) is 5.82 Å². The summed E-state index contributed by atoms with van der Waals surface area (Å²) in [7, 11) is 1.72. The molecule has 0 bridgehead atoms. The lowest BCUT2D eigenvalue weighted by Crippen LogP contribution is -2.35. The van der Waals surface area contributed by atoms with E-state index in [2.05, 4.69) is 41.2 Å². The molecule has 1 aliphatic rings. The van der Waals surface area contributed by atoms with E-state index in [4.69, 9.17) is 4.74 Å². The maximum Gasteiger partial charge on any atom is 0.128 e. The van der Waals surface area contributed by atoms with Crippen molar-refractivity contribution in [3.05, 3.63) is 23.9 Å². The summed E-state index contributed by atoms with van der Waals surface area (Å²) in [6.45, 7) is 9.43. The average Bonchev–Trinajstić information content (AvgIpc) is 2.52. The van der Waals surface area contributed by atoms with Crippen LogP contribution in [-0.4, -0.2) is 38.3 Å². The van der Waals surface area contributed by atoms with E-state index in [0.717, 1.165) is 50.4 Å². The minimum atomic E-state index is 0.746. The van der Waals surface area contributed by atoms with Crippen LogP contribution in [0.4, 0.5) is 5.82 Å². The van der Waals surface area contributed by atoms with E-state index in [9.17, 15) is 0 Å². The highest BCUT2D eigenvalue weighted by atomic mass is 16.5. The number of nitrogens with zero attached hydrogens (tertiary/aromatic N) is 2. The fourth-order valence-electron chi connectivity index (χ4n) is 2.91. The van der Waals surface area contributed by atoms with E-state index in [1.165, 1.54) is 18.4 Å². The molecular weight excluding hydrogens is 262 g/mol. The van der Waals surface area contributed by atoms with Gasteiger partial charge < -0.3 is 15.0 Å². The molecule has 0 spiro atoms. The molecular formula is C17H29N3O. The molecule has 1 aromatic heterocycles. The number of aromatic nitrogens is 1. The zero-order valence-electron chi connectivity index (χ0n) is 13.6. The van der Waals surface area contributed by atoms with Crippen LogP contribution in [0.15, 0.2) is 18.3 Å². The molecule has 118 valence electrons. The Kier molecular flexibility index (Phi) is 6.46. The molecule has 0 radical (unpaired) electrons. The third-order valence-corrected chi connectivity index (χ3v) is 4.43. The van der Waals surface area contributed by atoms with Gasteiger partial charge in [-0.1, -0.05) is 19.9 Å². The van der Waals surface area contributed by atoms with E-state index in [1.54, 1.807) is 7.11 Å². The fraction of sp³-hybridized carbons (Fsp3) is 0.706. The maximum atomic E-state index is 5.02. The highest BCUT2D eigenvalue weighted by molar-refractivity contribution is 5.39. The highest BCUT2D eigenvalue weighted by Crippen LogP contribution is 2.26. The summed E-state index contributed by atoms with van der Waals surface area (Å²) in [4.78, 5) is 7.04. The lowest BCUT2D eigenvalue weighted by Gasteiger charge is -2.34. The molecule has 0 atom stereocenters. The van der Waals surface area contributed by atoms with Crippen molar-refractivity contribution in [3.63, 3.8) is 0 Å². The minimum Gasteiger partial charge on any atom is -0.383 e. The van der Waals surface area contributed by atoms with Gasteiger partial charge in [0.25, 0.3) is 0 Å². The second kappa shape index (κ2) is 8.35. The number of methoxy groups -OCH3 is 1. The molecule has 2 rings (SSSR count). The van der Waals surface area contributed by atoms with E-state index >= 15 is 0 Å². The average molecular weight is 291 g/mol. The standard InChI is InChI=1S/C17H29N3O/c1-14(2)16-6-9-20(10-7-16)17-5-4-15(13-19-17)12-18-8-11-21-3/h4-5,13-14,16,18H,6-12H2,1-3H3. The molecule has 1 fully saturated rings. The molecule has 1 aromatic rings. The van der Waals surface area contributed by atoms with Crippen LogP contribution in [0.2, 0.25) is 0 Å². The lowest BCUT2D eigenvalue weighted by atomic mass is 9.87. The van der Waals surface area contributed by atoms with Crippen LogP contribution in [0.3, 0.4) is 0 Å². The summed E-state index contributed by atoms with van der Waals surface area (Å²) in [5.74, 6) is 2.81. The van der Waals surface area contributed by atoms with E-state index in [0.29, 0.717) is 0 Å². The van der Waals surface area contributed by atoms with Gasteiger partial charge in [-0.3, -0.25) is 0 Å². The van der Waals surface area contributed by atoms with Crippen molar-refractivity contribution in [2.24, 2.45) is 11.8 Å². The van der Waals surface area contributed by atoms with Crippen molar-refractivity contribution >= 4 is 5.82 Å². The predicted octanol–water partition coefficient (Wildman–Crippen LogP) is 2.69. The molecule has 1 N–H and O–H groups in total. The maximum absolute atomic E-state index is 5.02. The Balaban J connectivity index is 1.80. The first-order valence-corrected chi connectivity index (χ1v) is 8.10. The SMILES string of the molecule is COCCNCc1ccc(N2CCC(C(C)C)CC2)nc1. The topological polar surface area (TPSA) is 37.4 Å². The molecule has 0 amide bonds. The zero-order valence-corrected chi connectivity index (χ0v) is 13.6. The van der Waals surface area contributed by atoms with Gasteiger partial charge in [-0.2, -0.15) is 0 Å². The quantitative estimate of drug-likeness (QED) is 0.784. The predicted molar refractivity (Wildman–Crippen MR) is 87.6 cm³/mol. The van der Waals surface area contributed by atoms with Crippen LogP contribution >= 0.6 is 0 Å².